The molecule has 1 aromatic carbocycles. The predicted octanol–water partition coefficient (Wildman–Crippen LogP) is 4.06. The maximum absolute atomic E-state index is 10.1. The first-order valence-electron chi connectivity index (χ1n) is 7.35. The van der Waals surface area contributed by atoms with E-state index in [0.29, 0.717) is 0 Å². The summed E-state index contributed by atoms with van der Waals surface area (Å²) in [6, 6.07) is 17.6. The maximum atomic E-state index is 10.1. The number of rotatable bonds is 4. The van der Waals surface area contributed by atoms with Crippen LogP contribution in [0.3, 0.4) is 0 Å². The first-order valence-corrected chi connectivity index (χ1v) is 8.57. The summed E-state index contributed by atoms with van der Waals surface area (Å²) in [7, 11) is 1.66. The number of methoxy groups -OCH3 is 1. The number of hydrogen-bond acceptors (Lipinski definition) is 5. The van der Waals surface area contributed by atoms with E-state index in [-0.39, 0.29) is 26.8 Å². The zero-order chi connectivity index (χ0) is 18.1. The van der Waals surface area contributed by atoms with E-state index in [9.17, 15) is 4.79 Å². The van der Waals surface area contributed by atoms with Gasteiger partial charge in [0, 0.05) is 44.1 Å². The third kappa shape index (κ3) is 6.28. The van der Waals surface area contributed by atoms with Crippen molar-refractivity contribution in [3.05, 3.63) is 72.7 Å². The molecular weight excluding hydrogens is 531 g/mol. The Bertz CT molecular complexity index is 832. The van der Waals surface area contributed by atoms with Gasteiger partial charge in [-0.2, -0.15) is 0 Å². The average molecular weight is 549 g/mol. The zero-order valence-corrected chi connectivity index (χ0v) is 17.2. The van der Waals surface area contributed by atoms with Crippen molar-refractivity contribution in [1.29, 1.82) is 0 Å². The fraction of sp³-hybridized carbons (Fsp3) is 0.105. The standard InChI is InChI=1S/C13H12NOS.C6H5NO2.Pt/c1-15-13-6-4-3-5-11(13)12-9-10(16-2)7-8-14-12;8-6(9)5-3-1-2-4-7-5;/h3-4,6-9H,1-2H3;1-4H,(H,8,9);/q-1;;. The van der Waals surface area contributed by atoms with Crippen LogP contribution in [0, 0.1) is 6.07 Å². The monoisotopic (exact) mass is 548 g/mol. The van der Waals surface area contributed by atoms with Crippen LogP contribution in [0.15, 0.2) is 65.8 Å². The molecule has 3 aromatic rings. The Labute approximate surface area is 171 Å². The number of ether oxygens (including phenoxy) is 1. The summed E-state index contributed by atoms with van der Waals surface area (Å²) in [5.41, 5.74) is 1.88. The number of pyridine rings is 2. The molecule has 0 bridgehead atoms. The Morgan fingerprint density at radius 3 is 2.54 bits per heavy atom. The molecular formula is C19H17N2O3PtS-. The quantitative estimate of drug-likeness (QED) is 0.392. The van der Waals surface area contributed by atoms with Crippen molar-refractivity contribution in [2.45, 2.75) is 4.90 Å². The van der Waals surface area contributed by atoms with E-state index in [1.54, 1.807) is 37.2 Å². The molecule has 0 aliphatic heterocycles. The molecule has 26 heavy (non-hydrogen) atoms. The number of thioether (sulfide) groups is 1. The van der Waals surface area contributed by atoms with E-state index in [2.05, 4.69) is 16.0 Å². The van der Waals surface area contributed by atoms with Crippen molar-refractivity contribution in [3.63, 3.8) is 0 Å². The average Bonchev–Trinajstić information content (AvgIpc) is 2.69. The predicted molar refractivity (Wildman–Crippen MR) is 98.0 cm³/mol. The van der Waals surface area contributed by atoms with Crippen molar-refractivity contribution in [2.24, 2.45) is 0 Å². The summed E-state index contributed by atoms with van der Waals surface area (Å²) in [4.78, 5) is 19.2. The molecule has 0 amide bonds. The van der Waals surface area contributed by atoms with E-state index in [1.807, 2.05) is 36.6 Å². The van der Waals surface area contributed by atoms with E-state index >= 15 is 0 Å². The number of hydrogen-bond donors (Lipinski definition) is 1. The van der Waals surface area contributed by atoms with Gasteiger partial charge in [0.05, 0.1) is 7.11 Å². The van der Waals surface area contributed by atoms with Gasteiger partial charge in [-0.15, -0.1) is 36.0 Å². The molecule has 1 N–H and O–H groups in total. The second kappa shape index (κ2) is 11.4. The molecule has 0 atom stereocenters. The number of carbonyl (C=O) groups is 1. The van der Waals surface area contributed by atoms with Crippen LogP contribution in [0.1, 0.15) is 10.5 Å². The van der Waals surface area contributed by atoms with Gasteiger partial charge in [-0.05, 0) is 30.1 Å². The van der Waals surface area contributed by atoms with Gasteiger partial charge in [0.15, 0.2) is 0 Å². The minimum atomic E-state index is -0.990. The van der Waals surface area contributed by atoms with Crippen LogP contribution in [-0.2, 0) is 21.1 Å². The molecule has 0 aliphatic rings. The number of aromatic carboxylic acids is 1. The fourth-order valence-corrected chi connectivity index (χ4v) is 2.38. The molecule has 7 heteroatoms. The van der Waals surface area contributed by atoms with E-state index < -0.39 is 5.97 Å². The molecule has 2 heterocycles. The Kier molecular flexibility index (Phi) is 9.63. The van der Waals surface area contributed by atoms with Crippen molar-refractivity contribution in [1.82, 2.24) is 9.97 Å². The summed E-state index contributed by atoms with van der Waals surface area (Å²) in [5.74, 6) is -0.191. The fourth-order valence-electron chi connectivity index (χ4n) is 1.96. The molecule has 5 nitrogen and oxygen atoms in total. The Morgan fingerprint density at radius 1 is 1.15 bits per heavy atom. The first-order chi connectivity index (χ1) is 12.2. The molecule has 0 saturated carbocycles. The van der Waals surface area contributed by atoms with Gasteiger partial charge in [0.25, 0.3) is 0 Å². The maximum Gasteiger partial charge on any atom is 0.354 e. The van der Waals surface area contributed by atoms with Crippen LogP contribution in [0.2, 0.25) is 0 Å². The Balaban J connectivity index is 0.000000290. The number of aromatic nitrogens is 2. The first kappa shape index (κ1) is 21.9. The van der Waals surface area contributed by atoms with Gasteiger partial charge in [0.1, 0.15) is 5.69 Å². The van der Waals surface area contributed by atoms with Crippen molar-refractivity contribution in [3.8, 4) is 17.0 Å². The van der Waals surface area contributed by atoms with E-state index in [0.717, 1.165) is 17.0 Å². The largest absolute Gasteiger partial charge is 0.540 e. The zero-order valence-electron chi connectivity index (χ0n) is 14.2. The van der Waals surface area contributed by atoms with Gasteiger partial charge >= 0.3 is 5.97 Å². The second-order valence-electron chi connectivity index (χ2n) is 4.71. The van der Waals surface area contributed by atoms with Crippen LogP contribution >= 0.6 is 11.8 Å². The van der Waals surface area contributed by atoms with Gasteiger partial charge < -0.3 is 14.8 Å². The number of carboxylic acids is 1. The van der Waals surface area contributed by atoms with Crippen molar-refractivity contribution >= 4 is 17.7 Å². The van der Waals surface area contributed by atoms with Crippen LogP contribution < -0.4 is 4.74 Å². The van der Waals surface area contributed by atoms with Crippen LogP contribution in [0.25, 0.3) is 11.3 Å². The molecule has 2 aromatic heterocycles. The number of nitrogens with zero attached hydrogens (tertiary/aromatic N) is 2. The second-order valence-corrected chi connectivity index (χ2v) is 5.59. The van der Waals surface area contributed by atoms with Gasteiger partial charge in [-0.1, -0.05) is 17.7 Å². The van der Waals surface area contributed by atoms with Gasteiger partial charge in [-0.3, -0.25) is 0 Å². The van der Waals surface area contributed by atoms with Crippen LogP contribution in [-0.4, -0.2) is 34.4 Å². The summed E-state index contributed by atoms with van der Waals surface area (Å²) in [6.45, 7) is 0. The SMILES string of the molecule is COc1ccc[c-]c1-c1cc(SC)ccn1.O=C(O)c1ccccn1.[Pt]. The molecule has 0 radical (unpaired) electrons. The molecule has 138 valence electrons. The van der Waals surface area contributed by atoms with Crippen LogP contribution in [0.4, 0.5) is 0 Å². The Morgan fingerprint density at radius 2 is 1.96 bits per heavy atom. The van der Waals surface area contributed by atoms with Crippen molar-refractivity contribution < 1.29 is 35.7 Å². The molecule has 0 saturated heterocycles. The molecule has 0 unspecified atom stereocenters. The van der Waals surface area contributed by atoms with Crippen molar-refractivity contribution in [2.75, 3.05) is 13.4 Å². The molecule has 0 aliphatic carbocycles. The summed E-state index contributed by atoms with van der Waals surface area (Å²) < 4.78 is 5.30. The normalized spacial score (nSPS) is 9.31. The van der Waals surface area contributed by atoms with Gasteiger partial charge in [-0.25, -0.2) is 9.78 Å². The summed E-state index contributed by atoms with van der Waals surface area (Å²) in [5, 5.41) is 8.32. The number of benzene rings is 1. The third-order valence-corrected chi connectivity index (χ3v) is 3.87. The summed E-state index contributed by atoms with van der Waals surface area (Å²) in [6.07, 6.45) is 5.30. The molecule has 0 fully saturated rings. The van der Waals surface area contributed by atoms with Gasteiger partial charge in [0.2, 0.25) is 0 Å². The summed E-state index contributed by atoms with van der Waals surface area (Å²) >= 11 is 1.70. The van der Waals surface area contributed by atoms with E-state index in [1.165, 1.54) is 17.2 Å². The minimum Gasteiger partial charge on any atom is -0.540 e. The molecule has 3 rings (SSSR count). The Hall–Kier alpha value is -2.17. The van der Waals surface area contributed by atoms with Crippen LogP contribution in [0.5, 0.6) is 5.75 Å². The minimum absolute atomic E-state index is 0. The third-order valence-electron chi connectivity index (χ3n) is 3.15. The smallest absolute Gasteiger partial charge is 0.354 e. The molecule has 0 spiro atoms. The topological polar surface area (TPSA) is 72.3 Å². The number of carboxylic acid groups (broad SMARTS) is 1. The van der Waals surface area contributed by atoms with E-state index in [4.69, 9.17) is 9.84 Å².